The predicted molar refractivity (Wildman–Crippen MR) is 143 cm³/mol. The van der Waals surface area contributed by atoms with Crippen molar-refractivity contribution in [2.75, 3.05) is 0 Å². The average Bonchev–Trinajstić information content (AvgIpc) is 2.92. The van der Waals surface area contributed by atoms with Crippen LogP contribution in [-0.2, 0) is 11.4 Å². The molecule has 4 rings (SSSR count). The highest BCUT2D eigenvalue weighted by molar-refractivity contribution is 7.80. The number of hydrazine groups is 1. The van der Waals surface area contributed by atoms with Crippen LogP contribution < -0.4 is 20.9 Å². The zero-order chi connectivity index (χ0) is 25.2. The molecule has 0 radical (unpaired) electrons. The first-order valence-electron chi connectivity index (χ1n) is 11.4. The molecule has 0 unspecified atom stereocenters. The average molecular weight is 496 g/mol. The summed E-state index contributed by atoms with van der Waals surface area (Å²) in [6.07, 6.45) is 0. The Balaban J connectivity index is 1.38. The Morgan fingerprint density at radius 1 is 0.694 bits per heavy atom. The lowest BCUT2D eigenvalue weighted by Crippen LogP contribution is -2.49. The molecule has 0 heterocycles. The number of thiocarbonyl (C=S) groups is 1. The second-order valence-electron chi connectivity index (χ2n) is 7.92. The standard InChI is InChI=1S/C29H25N3O3S/c33-27(24-18-10-11-19-25(24)35-20-21-12-4-1-5-13-21)31-32-29(36)30-28(34)26(22-14-6-2-7-15-22)23-16-8-3-9-17-23/h1-19,26H,20H2,(H,31,33)(H2,30,32,34,36). The van der Waals surface area contributed by atoms with E-state index in [0.717, 1.165) is 16.7 Å². The maximum absolute atomic E-state index is 13.2. The van der Waals surface area contributed by atoms with Crippen molar-refractivity contribution in [3.63, 3.8) is 0 Å². The van der Waals surface area contributed by atoms with E-state index < -0.39 is 11.8 Å². The van der Waals surface area contributed by atoms with E-state index in [1.165, 1.54) is 0 Å². The van der Waals surface area contributed by atoms with Gasteiger partial charge in [-0.3, -0.25) is 20.4 Å². The van der Waals surface area contributed by atoms with Gasteiger partial charge in [-0.1, -0.05) is 103 Å². The summed E-state index contributed by atoms with van der Waals surface area (Å²) < 4.78 is 5.85. The minimum absolute atomic E-state index is 0.0205. The maximum atomic E-state index is 13.2. The largest absolute Gasteiger partial charge is 0.488 e. The molecule has 0 aromatic heterocycles. The third kappa shape index (κ3) is 6.55. The molecule has 0 saturated carbocycles. The van der Waals surface area contributed by atoms with Crippen LogP contribution in [-0.4, -0.2) is 16.9 Å². The predicted octanol–water partition coefficient (Wildman–Crippen LogP) is 4.73. The number of rotatable bonds is 7. The fourth-order valence-electron chi connectivity index (χ4n) is 3.70. The number of hydrogen-bond acceptors (Lipinski definition) is 4. The Kier molecular flexibility index (Phi) is 8.40. The Morgan fingerprint density at radius 3 is 1.83 bits per heavy atom. The highest BCUT2D eigenvalue weighted by Gasteiger charge is 2.23. The van der Waals surface area contributed by atoms with Crippen molar-refractivity contribution >= 4 is 29.1 Å². The fraction of sp³-hybridized carbons (Fsp3) is 0.0690. The summed E-state index contributed by atoms with van der Waals surface area (Å²) in [6.45, 7) is 0.327. The molecule has 0 fully saturated rings. The number of benzene rings is 4. The third-order valence-electron chi connectivity index (χ3n) is 5.42. The number of carbonyl (C=O) groups excluding carboxylic acids is 2. The second-order valence-corrected chi connectivity index (χ2v) is 8.33. The van der Waals surface area contributed by atoms with Crippen LogP contribution in [0.15, 0.2) is 115 Å². The van der Waals surface area contributed by atoms with Crippen LogP contribution in [0.3, 0.4) is 0 Å². The molecule has 0 bridgehead atoms. The highest BCUT2D eigenvalue weighted by atomic mass is 32.1. The van der Waals surface area contributed by atoms with Crippen molar-refractivity contribution in [1.29, 1.82) is 0 Å². The van der Waals surface area contributed by atoms with Gasteiger partial charge in [-0.05, 0) is 41.0 Å². The zero-order valence-electron chi connectivity index (χ0n) is 19.4. The quantitative estimate of drug-likeness (QED) is 0.255. The van der Waals surface area contributed by atoms with Gasteiger partial charge in [0.05, 0.1) is 11.5 Å². The van der Waals surface area contributed by atoms with E-state index in [9.17, 15) is 9.59 Å². The fourth-order valence-corrected chi connectivity index (χ4v) is 3.85. The molecular formula is C29H25N3O3S. The van der Waals surface area contributed by atoms with Gasteiger partial charge >= 0.3 is 0 Å². The van der Waals surface area contributed by atoms with Gasteiger partial charge in [-0.15, -0.1) is 0 Å². The van der Waals surface area contributed by atoms with E-state index in [-0.39, 0.29) is 11.0 Å². The normalized spacial score (nSPS) is 10.4. The molecular weight excluding hydrogens is 470 g/mol. The van der Waals surface area contributed by atoms with Gasteiger partial charge in [0.15, 0.2) is 5.11 Å². The minimum Gasteiger partial charge on any atom is -0.488 e. The molecule has 3 N–H and O–H groups in total. The van der Waals surface area contributed by atoms with Gasteiger partial charge in [-0.25, -0.2) is 0 Å². The smallest absolute Gasteiger partial charge is 0.273 e. The molecule has 0 aliphatic carbocycles. The van der Waals surface area contributed by atoms with Crippen LogP contribution in [0.4, 0.5) is 0 Å². The number of nitrogens with one attached hydrogen (secondary N) is 3. The van der Waals surface area contributed by atoms with Gasteiger partial charge in [-0.2, -0.15) is 0 Å². The van der Waals surface area contributed by atoms with Crippen molar-refractivity contribution in [2.24, 2.45) is 0 Å². The van der Waals surface area contributed by atoms with E-state index in [0.29, 0.717) is 17.9 Å². The van der Waals surface area contributed by atoms with E-state index in [1.54, 1.807) is 24.3 Å². The van der Waals surface area contributed by atoms with Crippen molar-refractivity contribution < 1.29 is 14.3 Å². The van der Waals surface area contributed by atoms with Crippen molar-refractivity contribution in [3.05, 3.63) is 138 Å². The Labute approximate surface area is 215 Å². The first-order valence-corrected chi connectivity index (χ1v) is 11.8. The summed E-state index contributed by atoms with van der Waals surface area (Å²) in [5, 5.41) is 2.66. The number of ether oxygens (including phenoxy) is 1. The molecule has 0 atom stereocenters. The Hall–Kier alpha value is -4.49. The van der Waals surface area contributed by atoms with Crippen molar-refractivity contribution in [1.82, 2.24) is 16.2 Å². The van der Waals surface area contributed by atoms with Crippen LogP contribution in [0, 0.1) is 0 Å². The third-order valence-corrected chi connectivity index (χ3v) is 5.63. The maximum Gasteiger partial charge on any atom is 0.273 e. The molecule has 7 heteroatoms. The van der Waals surface area contributed by atoms with Crippen LogP contribution in [0.2, 0.25) is 0 Å². The Bertz CT molecular complexity index is 1280. The minimum atomic E-state index is -0.560. The van der Waals surface area contributed by atoms with Gasteiger partial charge in [0.2, 0.25) is 5.91 Å². The van der Waals surface area contributed by atoms with Gasteiger partial charge in [0.25, 0.3) is 5.91 Å². The molecule has 2 amide bonds. The van der Waals surface area contributed by atoms with Crippen LogP contribution in [0.5, 0.6) is 5.75 Å². The lowest BCUT2D eigenvalue weighted by molar-refractivity contribution is -0.120. The van der Waals surface area contributed by atoms with E-state index in [2.05, 4.69) is 16.2 Å². The lowest BCUT2D eigenvalue weighted by Gasteiger charge is -2.19. The first-order chi connectivity index (χ1) is 17.6. The molecule has 4 aromatic rings. The summed E-state index contributed by atoms with van der Waals surface area (Å²) >= 11 is 5.28. The second kappa shape index (κ2) is 12.3. The highest BCUT2D eigenvalue weighted by Crippen LogP contribution is 2.24. The SMILES string of the molecule is O=C(NNC(=S)NC(=O)C(c1ccccc1)c1ccccc1)c1ccccc1OCc1ccccc1. The summed E-state index contributed by atoms with van der Waals surface area (Å²) in [4.78, 5) is 26.0. The number of amides is 2. The summed E-state index contributed by atoms with van der Waals surface area (Å²) in [6, 6.07) is 35.5. The number of hydrogen-bond donors (Lipinski definition) is 3. The number of carbonyl (C=O) groups is 2. The molecule has 0 aliphatic heterocycles. The monoisotopic (exact) mass is 495 g/mol. The van der Waals surface area contributed by atoms with Crippen LogP contribution in [0.25, 0.3) is 0 Å². The Morgan fingerprint density at radius 2 is 1.22 bits per heavy atom. The van der Waals surface area contributed by atoms with Gasteiger partial charge in [0, 0.05) is 0 Å². The topological polar surface area (TPSA) is 79.5 Å². The van der Waals surface area contributed by atoms with E-state index in [1.807, 2.05) is 91.0 Å². The van der Waals surface area contributed by atoms with Gasteiger partial charge in [0.1, 0.15) is 12.4 Å². The molecule has 0 spiro atoms. The van der Waals surface area contributed by atoms with Crippen molar-refractivity contribution in [2.45, 2.75) is 12.5 Å². The molecule has 0 aliphatic rings. The number of para-hydroxylation sites is 1. The van der Waals surface area contributed by atoms with Crippen molar-refractivity contribution in [3.8, 4) is 5.75 Å². The summed E-state index contributed by atoms with van der Waals surface area (Å²) in [7, 11) is 0. The van der Waals surface area contributed by atoms with E-state index >= 15 is 0 Å². The zero-order valence-corrected chi connectivity index (χ0v) is 20.2. The summed E-state index contributed by atoms with van der Waals surface area (Å²) in [5.74, 6) is -0.887. The summed E-state index contributed by atoms with van der Waals surface area (Å²) in [5.41, 5.74) is 8.14. The molecule has 180 valence electrons. The van der Waals surface area contributed by atoms with Gasteiger partial charge < -0.3 is 10.1 Å². The van der Waals surface area contributed by atoms with Crippen LogP contribution in [0.1, 0.15) is 33.0 Å². The molecule has 0 saturated heterocycles. The van der Waals surface area contributed by atoms with Crippen LogP contribution >= 0.6 is 12.2 Å². The molecule has 4 aromatic carbocycles. The molecule has 36 heavy (non-hydrogen) atoms. The molecule has 6 nitrogen and oxygen atoms in total. The van der Waals surface area contributed by atoms with E-state index in [4.69, 9.17) is 17.0 Å². The lowest BCUT2D eigenvalue weighted by atomic mass is 9.90. The first kappa shape index (κ1) is 24.6.